The second-order valence-electron chi connectivity index (χ2n) is 6.15. The minimum atomic E-state index is -0.0638. The maximum absolute atomic E-state index is 12.5. The zero-order chi connectivity index (χ0) is 17.8. The number of hydrogen-bond donors (Lipinski definition) is 2. The second kappa shape index (κ2) is 7.53. The number of amides is 1. The van der Waals surface area contributed by atoms with Crippen LogP contribution < -0.4 is 5.32 Å². The number of hydrogen-bond acceptors (Lipinski definition) is 2. The van der Waals surface area contributed by atoms with Crippen LogP contribution in [0.2, 0.25) is 5.02 Å². The first-order chi connectivity index (χ1) is 12.0. The molecule has 0 saturated carbocycles. The lowest BCUT2D eigenvalue weighted by atomic mass is 9.97. The highest BCUT2D eigenvalue weighted by molar-refractivity contribution is 6.30. The van der Waals surface area contributed by atoms with E-state index in [2.05, 4.69) is 15.5 Å². The van der Waals surface area contributed by atoms with E-state index in [1.165, 1.54) is 0 Å². The summed E-state index contributed by atoms with van der Waals surface area (Å²) in [5.74, 6) is 0.604. The lowest BCUT2D eigenvalue weighted by Crippen LogP contribution is -2.15. The summed E-state index contributed by atoms with van der Waals surface area (Å²) in [5, 5.41) is 10.8. The van der Waals surface area contributed by atoms with Gasteiger partial charge >= 0.3 is 0 Å². The summed E-state index contributed by atoms with van der Waals surface area (Å²) in [6.45, 7) is 3.97. The van der Waals surface area contributed by atoms with Crippen molar-refractivity contribution in [2.75, 3.05) is 5.32 Å². The average molecular weight is 354 g/mol. The largest absolute Gasteiger partial charge is 0.309 e. The molecule has 1 amide bonds. The van der Waals surface area contributed by atoms with Crippen LogP contribution in [0.1, 0.15) is 30.5 Å². The molecule has 1 aromatic heterocycles. The Labute approximate surface area is 152 Å². The Balaban J connectivity index is 1.76. The van der Waals surface area contributed by atoms with Crippen LogP contribution in [0.3, 0.4) is 0 Å². The third-order valence-electron chi connectivity index (χ3n) is 4.18. The van der Waals surface area contributed by atoms with E-state index in [1.54, 1.807) is 0 Å². The number of carbonyl (C=O) groups excluding carboxylic acids is 1. The van der Waals surface area contributed by atoms with Gasteiger partial charge in [0.05, 0.1) is 0 Å². The first-order valence-electron chi connectivity index (χ1n) is 8.20. The van der Waals surface area contributed by atoms with Crippen molar-refractivity contribution in [1.29, 1.82) is 0 Å². The molecule has 128 valence electrons. The average Bonchev–Trinajstić information content (AvgIpc) is 2.95. The fourth-order valence-corrected chi connectivity index (χ4v) is 3.07. The van der Waals surface area contributed by atoms with Crippen LogP contribution in [0, 0.1) is 6.92 Å². The summed E-state index contributed by atoms with van der Waals surface area (Å²) in [7, 11) is 0. The lowest BCUT2D eigenvalue weighted by molar-refractivity contribution is -0.116. The summed E-state index contributed by atoms with van der Waals surface area (Å²) in [6, 6.07) is 17.5. The summed E-state index contributed by atoms with van der Waals surface area (Å²) >= 11 is 6.09. The Morgan fingerprint density at radius 3 is 2.68 bits per heavy atom. The first-order valence-corrected chi connectivity index (χ1v) is 8.58. The zero-order valence-electron chi connectivity index (χ0n) is 14.2. The van der Waals surface area contributed by atoms with E-state index in [9.17, 15) is 4.79 Å². The first kappa shape index (κ1) is 17.2. The van der Waals surface area contributed by atoms with Gasteiger partial charge in [0.1, 0.15) is 0 Å². The van der Waals surface area contributed by atoms with Crippen molar-refractivity contribution < 1.29 is 4.79 Å². The number of nitrogens with one attached hydrogen (secondary N) is 2. The van der Waals surface area contributed by atoms with E-state index < -0.39 is 0 Å². The fraction of sp³-hybridized carbons (Fsp3) is 0.200. The maximum atomic E-state index is 12.5. The standard InChI is InChI=1S/C20H20ClN3O/c1-13(15-7-4-3-5-8-15)11-18(25)22-20-19(14(2)23-24-20)16-9-6-10-17(21)12-16/h3-10,12-13H,11H2,1-2H3,(H2,22,23,24,25). The van der Waals surface area contributed by atoms with Crippen LogP contribution in [0.15, 0.2) is 54.6 Å². The number of H-pyrrole nitrogens is 1. The molecule has 0 spiro atoms. The Hall–Kier alpha value is -2.59. The minimum absolute atomic E-state index is 0.0638. The normalized spacial score (nSPS) is 12.0. The molecular weight excluding hydrogens is 334 g/mol. The maximum Gasteiger partial charge on any atom is 0.226 e. The van der Waals surface area contributed by atoms with Gasteiger partial charge in [-0.15, -0.1) is 0 Å². The van der Waals surface area contributed by atoms with E-state index in [0.717, 1.165) is 22.4 Å². The number of benzene rings is 2. The molecule has 0 bridgehead atoms. The molecule has 0 aliphatic rings. The van der Waals surface area contributed by atoms with Crippen molar-refractivity contribution in [2.45, 2.75) is 26.2 Å². The predicted molar refractivity (Wildman–Crippen MR) is 102 cm³/mol. The molecule has 2 aromatic carbocycles. The smallest absolute Gasteiger partial charge is 0.226 e. The molecule has 5 heteroatoms. The summed E-state index contributed by atoms with van der Waals surface area (Å²) in [6.07, 6.45) is 0.394. The molecule has 0 fully saturated rings. The van der Waals surface area contributed by atoms with Gasteiger partial charge in [-0.1, -0.05) is 61.0 Å². The molecule has 0 aliphatic heterocycles. The van der Waals surface area contributed by atoms with E-state index in [1.807, 2.05) is 68.4 Å². The molecule has 0 radical (unpaired) electrons. The number of aryl methyl sites for hydroxylation is 1. The molecule has 3 rings (SSSR count). The highest BCUT2D eigenvalue weighted by atomic mass is 35.5. The third-order valence-corrected chi connectivity index (χ3v) is 4.41. The van der Waals surface area contributed by atoms with Crippen molar-refractivity contribution in [3.8, 4) is 11.1 Å². The van der Waals surface area contributed by atoms with Gasteiger partial charge in [0.15, 0.2) is 5.82 Å². The van der Waals surface area contributed by atoms with Crippen LogP contribution in [0.25, 0.3) is 11.1 Å². The van der Waals surface area contributed by atoms with Gasteiger partial charge in [-0.25, -0.2) is 0 Å². The molecular formula is C20H20ClN3O. The third kappa shape index (κ3) is 4.09. The predicted octanol–water partition coefficient (Wildman–Crippen LogP) is 5.17. The molecule has 1 unspecified atom stereocenters. The Morgan fingerprint density at radius 2 is 1.96 bits per heavy atom. The van der Waals surface area contributed by atoms with Crippen LogP contribution in [0.5, 0.6) is 0 Å². The molecule has 1 atom stereocenters. The summed E-state index contributed by atoms with van der Waals surface area (Å²) in [5.41, 5.74) is 3.81. The number of carbonyl (C=O) groups is 1. The molecule has 0 saturated heterocycles. The quantitative estimate of drug-likeness (QED) is 0.664. The van der Waals surface area contributed by atoms with Crippen LogP contribution in [0.4, 0.5) is 5.82 Å². The van der Waals surface area contributed by atoms with Crippen molar-refractivity contribution in [3.05, 3.63) is 70.9 Å². The van der Waals surface area contributed by atoms with E-state index in [-0.39, 0.29) is 11.8 Å². The molecule has 0 aliphatic carbocycles. The van der Waals surface area contributed by atoms with Crippen LogP contribution >= 0.6 is 11.6 Å². The molecule has 25 heavy (non-hydrogen) atoms. The van der Waals surface area contributed by atoms with Gasteiger partial charge in [-0.2, -0.15) is 5.10 Å². The van der Waals surface area contributed by atoms with Crippen molar-refractivity contribution >= 4 is 23.3 Å². The zero-order valence-corrected chi connectivity index (χ0v) is 15.0. The van der Waals surface area contributed by atoms with E-state index in [4.69, 9.17) is 11.6 Å². The lowest BCUT2D eigenvalue weighted by Gasteiger charge is -2.12. The van der Waals surface area contributed by atoms with Crippen molar-refractivity contribution in [1.82, 2.24) is 10.2 Å². The van der Waals surface area contributed by atoms with E-state index >= 15 is 0 Å². The number of halogens is 1. The SMILES string of the molecule is Cc1[nH]nc(NC(=O)CC(C)c2ccccc2)c1-c1cccc(Cl)c1. The molecule has 2 N–H and O–H groups in total. The van der Waals surface area contributed by atoms with Crippen LogP contribution in [-0.2, 0) is 4.79 Å². The Bertz CT molecular complexity index is 874. The van der Waals surface area contributed by atoms with E-state index in [0.29, 0.717) is 17.3 Å². The minimum Gasteiger partial charge on any atom is -0.309 e. The topological polar surface area (TPSA) is 57.8 Å². The van der Waals surface area contributed by atoms with Gasteiger partial charge in [0, 0.05) is 22.7 Å². The van der Waals surface area contributed by atoms with Crippen LogP contribution in [-0.4, -0.2) is 16.1 Å². The van der Waals surface area contributed by atoms with Gasteiger partial charge in [0.25, 0.3) is 0 Å². The molecule has 3 aromatic rings. The van der Waals surface area contributed by atoms with Gasteiger partial charge in [-0.05, 0) is 36.1 Å². The van der Waals surface area contributed by atoms with Crippen molar-refractivity contribution in [3.63, 3.8) is 0 Å². The summed E-state index contributed by atoms with van der Waals surface area (Å²) in [4.78, 5) is 12.5. The second-order valence-corrected chi connectivity index (χ2v) is 6.58. The number of anilines is 1. The highest BCUT2D eigenvalue weighted by Crippen LogP contribution is 2.31. The molecule has 4 nitrogen and oxygen atoms in total. The number of rotatable bonds is 5. The van der Waals surface area contributed by atoms with Crippen molar-refractivity contribution in [2.24, 2.45) is 0 Å². The number of nitrogens with zero attached hydrogens (tertiary/aromatic N) is 1. The number of aromatic amines is 1. The Kier molecular flexibility index (Phi) is 5.19. The number of aromatic nitrogens is 2. The molecule has 1 heterocycles. The Morgan fingerprint density at radius 1 is 1.20 bits per heavy atom. The highest BCUT2D eigenvalue weighted by Gasteiger charge is 2.17. The van der Waals surface area contributed by atoms with Gasteiger partial charge < -0.3 is 5.32 Å². The van der Waals surface area contributed by atoms with Gasteiger partial charge in [-0.3, -0.25) is 9.89 Å². The van der Waals surface area contributed by atoms with Gasteiger partial charge in [0.2, 0.25) is 5.91 Å². The fourth-order valence-electron chi connectivity index (χ4n) is 2.88. The summed E-state index contributed by atoms with van der Waals surface area (Å²) < 4.78 is 0. The monoisotopic (exact) mass is 353 g/mol.